The summed E-state index contributed by atoms with van der Waals surface area (Å²) < 4.78 is 0. The number of nitrogens with one attached hydrogen (secondary N) is 2. The van der Waals surface area contributed by atoms with Crippen LogP contribution in [0.2, 0.25) is 0 Å². The third kappa shape index (κ3) is 2.41. The van der Waals surface area contributed by atoms with Crippen molar-refractivity contribution < 1.29 is 4.79 Å². The SMILES string of the molecule is O=C(Nc1ncc[nH]1)c1ccc(CCl)cc1. The van der Waals surface area contributed by atoms with Crippen molar-refractivity contribution in [2.24, 2.45) is 0 Å². The van der Waals surface area contributed by atoms with Crippen LogP contribution in [0.3, 0.4) is 0 Å². The minimum absolute atomic E-state index is 0.198. The monoisotopic (exact) mass is 235 g/mol. The van der Waals surface area contributed by atoms with Gasteiger partial charge in [-0.15, -0.1) is 11.6 Å². The topological polar surface area (TPSA) is 57.8 Å². The first-order valence-electron chi connectivity index (χ1n) is 4.75. The van der Waals surface area contributed by atoms with Crippen LogP contribution in [0.15, 0.2) is 36.7 Å². The van der Waals surface area contributed by atoms with Gasteiger partial charge in [-0.1, -0.05) is 12.1 Å². The van der Waals surface area contributed by atoms with E-state index in [1.807, 2.05) is 12.1 Å². The lowest BCUT2D eigenvalue weighted by Crippen LogP contribution is -2.12. The molecule has 0 aliphatic heterocycles. The number of hydrogen-bond acceptors (Lipinski definition) is 2. The van der Waals surface area contributed by atoms with Crippen LogP contribution in [0.25, 0.3) is 0 Å². The Balaban J connectivity index is 2.09. The van der Waals surface area contributed by atoms with Crippen molar-refractivity contribution in [2.75, 3.05) is 5.32 Å². The molecule has 0 saturated carbocycles. The first kappa shape index (κ1) is 10.7. The number of imidazole rings is 1. The average molecular weight is 236 g/mol. The fraction of sp³-hybridized carbons (Fsp3) is 0.0909. The number of anilines is 1. The van der Waals surface area contributed by atoms with Crippen molar-refractivity contribution >= 4 is 23.5 Å². The number of carbonyl (C=O) groups is 1. The summed E-state index contributed by atoms with van der Waals surface area (Å²) in [5.41, 5.74) is 1.56. The Morgan fingerprint density at radius 3 is 2.69 bits per heavy atom. The molecular formula is C11H10ClN3O. The van der Waals surface area contributed by atoms with E-state index in [-0.39, 0.29) is 5.91 Å². The maximum atomic E-state index is 11.7. The lowest BCUT2D eigenvalue weighted by molar-refractivity contribution is 0.102. The number of carbonyl (C=O) groups excluding carboxylic acids is 1. The van der Waals surface area contributed by atoms with Gasteiger partial charge in [-0.3, -0.25) is 10.1 Å². The van der Waals surface area contributed by atoms with E-state index in [0.717, 1.165) is 5.56 Å². The Labute approximate surface area is 97.7 Å². The summed E-state index contributed by atoms with van der Waals surface area (Å²) in [7, 11) is 0. The van der Waals surface area contributed by atoms with Gasteiger partial charge in [-0.25, -0.2) is 4.98 Å². The number of hydrogen-bond donors (Lipinski definition) is 2. The molecule has 5 heteroatoms. The molecule has 4 nitrogen and oxygen atoms in total. The van der Waals surface area contributed by atoms with Crippen molar-refractivity contribution in [3.63, 3.8) is 0 Å². The average Bonchev–Trinajstić information content (AvgIpc) is 2.82. The molecule has 0 spiro atoms. The van der Waals surface area contributed by atoms with E-state index in [0.29, 0.717) is 17.4 Å². The molecule has 16 heavy (non-hydrogen) atoms. The molecule has 1 aromatic heterocycles. The van der Waals surface area contributed by atoms with Gasteiger partial charge in [0, 0.05) is 23.8 Å². The first-order valence-corrected chi connectivity index (χ1v) is 5.28. The number of halogens is 1. The van der Waals surface area contributed by atoms with Crippen LogP contribution >= 0.6 is 11.6 Å². The molecule has 2 N–H and O–H groups in total. The fourth-order valence-corrected chi connectivity index (χ4v) is 1.44. The molecule has 0 bridgehead atoms. The van der Waals surface area contributed by atoms with E-state index in [1.165, 1.54) is 0 Å². The predicted molar refractivity (Wildman–Crippen MR) is 62.5 cm³/mol. The summed E-state index contributed by atoms with van der Waals surface area (Å²) in [4.78, 5) is 18.4. The quantitative estimate of drug-likeness (QED) is 0.803. The maximum absolute atomic E-state index is 11.7. The summed E-state index contributed by atoms with van der Waals surface area (Å²) in [6, 6.07) is 7.11. The Kier molecular flexibility index (Phi) is 3.22. The van der Waals surface area contributed by atoms with Crippen LogP contribution in [-0.2, 0) is 5.88 Å². The minimum Gasteiger partial charge on any atom is -0.331 e. The summed E-state index contributed by atoms with van der Waals surface area (Å²) in [6.07, 6.45) is 3.22. The summed E-state index contributed by atoms with van der Waals surface area (Å²) in [6.45, 7) is 0. The Bertz CT molecular complexity index is 464. The number of alkyl halides is 1. The van der Waals surface area contributed by atoms with Crippen LogP contribution in [-0.4, -0.2) is 15.9 Å². The molecule has 0 saturated heterocycles. The standard InChI is InChI=1S/C11H10ClN3O/c12-7-8-1-3-9(4-2-8)10(16)15-11-13-5-6-14-11/h1-6H,7H2,(H2,13,14,15,16). The number of rotatable bonds is 3. The highest BCUT2D eigenvalue weighted by molar-refractivity contribution is 6.17. The van der Waals surface area contributed by atoms with Gasteiger partial charge in [-0.2, -0.15) is 0 Å². The highest BCUT2D eigenvalue weighted by Crippen LogP contribution is 2.08. The number of benzene rings is 1. The van der Waals surface area contributed by atoms with E-state index in [1.54, 1.807) is 24.5 Å². The lowest BCUT2D eigenvalue weighted by atomic mass is 10.1. The van der Waals surface area contributed by atoms with Crippen molar-refractivity contribution in [2.45, 2.75) is 5.88 Å². The fourth-order valence-electron chi connectivity index (χ4n) is 1.26. The maximum Gasteiger partial charge on any atom is 0.257 e. The van der Waals surface area contributed by atoms with Crippen LogP contribution in [0.4, 0.5) is 5.95 Å². The van der Waals surface area contributed by atoms with Crippen molar-refractivity contribution in [1.82, 2.24) is 9.97 Å². The summed E-state index contributed by atoms with van der Waals surface area (Å²) in [5.74, 6) is 0.683. The highest BCUT2D eigenvalue weighted by Gasteiger charge is 2.06. The van der Waals surface area contributed by atoms with Crippen molar-refractivity contribution in [3.8, 4) is 0 Å². The van der Waals surface area contributed by atoms with Crippen molar-refractivity contribution in [3.05, 3.63) is 47.8 Å². The Hall–Kier alpha value is -1.81. The number of amides is 1. The van der Waals surface area contributed by atoms with Gasteiger partial charge in [0.1, 0.15) is 0 Å². The van der Waals surface area contributed by atoms with E-state index >= 15 is 0 Å². The molecule has 0 aliphatic rings. The van der Waals surface area contributed by atoms with Gasteiger partial charge in [0.25, 0.3) is 5.91 Å². The van der Waals surface area contributed by atoms with Gasteiger partial charge in [0.15, 0.2) is 0 Å². The van der Waals surface area contributed by atoms with Gasteiger partial charge in [0.2, 0.25) is 5.95 Å². The Morgan fingerprint density at radius 2 is 2.12 bits per heavy atom. The molecule has 2 rings (SSSR count). The molecule has 0 unspecified atom stereocenters. The van der Waals surface area contributed by atoms with Crippen LogP contribution in [0.5, 0.6) is 0 Å². The molecule has 2 aromatic rings. The number of aromatic amines is 1. The van der Waals surface area contributed by atoms with E-state index < -0.39 is 0 Å². The lowest BCUT2D eigenvalue weighted by Gasteiger charge is -2.02. The summed E-state index contributed by atoms with van der Waals surface area (Å²) in [5, 5.41) is 2.64. The van der Waals surface area contributed by atoms with Crippen LogP contribution in [0, 0.1) is 0 Å². The first-order chi connectivity index (χ1) is 7.79. The molecular weight excluding hydrogens is 226 g/mol. The second-order valence-corrected chi connectivity index (χ2v) is 3.49. The Morgan fingerprint density at radius 1 is 1.38 bits per heavy atom. The van der Waals surface area contributed by atoms with E-state index in [9.17, 15) is 4.79 Å². The van der Waals surface area contributed by atoms with Gasteiger partial charge < -0.3 is 4.98 Å². The van der Waals surface area contributed by atoms with Crippen molar-refractivity contribution in [1.29, 1.82) is 0 Å². The molecule has 82 valence electrons. The van der Waals surface area contributed by atoms with Gasteiger partial charge in [-0.05, 0) is 17.7 Å². The molecule has 0 fully saturated rings. The summed E-state index contributed by atoms with van der Waals surface area (Å²) >= 11 is 5.66. The van der Waals surface area contributed by atoms with Crippen LogP contribution in [0.1, 0.15) is 15.9 Å². The zero-order chi connectivity index (χ0) is 11.4. The minimum atomic E-state index is -0.198. The molecule has 0 radical (unpaired) electrons. The molecule has 1 heterocycles. The number of aromatic nitrogens is 2. The zero-order valence-corrected chi connectivity index (χ0v) is 9.16. The van der Waals surface area contributed by atoms with E-state index in [2.05, 4.69) is 15.3 Å². The third-order valence-electron chi connectivity index (χ3n) is 2.10. The van der Waals surface area contributed by atoms with Gasteiger partial charge in [0.05, 0.1) is 0 Å². The third-order valence-corrected chi connectivity index (χ3v) is 2.41. The second kappa shape index (κ2) is 4.81. The number of H-pyrrole nitrogens is 1. The normalized spacial score (nSPS) is 10.1. The molecule has 0 aliphatic carbocycles. The zero-order valence-electron chi connectivity index (χ0n) is 8.40. The molecule has 1 amide bonds. The molecule has 0 atom stereocenters. The molecule has 1 aromatic carbocycles. The number of nitrogens with zero attached hydrogens (tertiary/aromatic N) is 1. The largest absolute Gasteiger partial charge is 0.331 e. The van der Waals surface area contributed by atoms with Crippen LogP contribution < -0.4 is 5.32 Å². The van der Waals surface area contributed by atoms with Gasteiger partial charge >= 0.3 is 0 Å². The predicted octanol–water partition coefficient (Wildman–Crippen LogP) is 2.40. The van der Waals surface area contributed by atoms with E-state index in [4.69, 9.17) is 11.6 Å². The smallest absolute Gasteiger partial charge is 0.257 e. The highest BCUT2D eigenvalue weighted by atomic mass is 35.5. The second-order valence-electron chi connectivity index (χ2n) is 3.22.